The third-order valence-corrected chi connectivity index (χ3v) is 5.38. The molecule has 1 saturated heterocycles. The standard InChI is InChI=1S/C22H22FN3O3/c1-29-21(27)19-18(13-26-11-10-14-4-2-3-5-16(14)12-26)24-22(28)25-20(19)15-6-8-17(23)9-7-15/h2-9,13,19-20H,10-12H2,1H3,(H2,24,25,28)/b18-13+/t19-,20-/m1/s1. The van der Waals surface area contributed by atoms with E-state index in [2.05, 4.69) is 27.7 Å². The van der Waals surface area contributed by atoms with Crippen LogP contribution in [-0.4, -0.2) is 30.6 Å². The zero-order valence-corrected chi connectivity index (χ0v) is 16.0. The van der Waals surface area contributed by atoms with Crippen molar-refractivity contribution in [1.82, 2.24) is 15.5 Å². The maximum atomic E-state index is 13.4. The second-order valence-electron chi connectivity index (χ2n) is 7.20. The lowest BCUT2D eigenvalue weighted by Crippen LogP contribution is -2.51. The number of urea groups is 1. The molecule has 150 valence electrons. The summed E-state index contributed by atoms with van der Waals surface area (Å²) in [7, 11) is 1.31. The van der Waals surface area contributed by atoms with Gasteiger partial charge in [0, 0.05) is 19.3 Å². The van der Waals surface area contributed by atoms with Gasteiger partial charge in [0.05, 0.1) is 18.8 Å². The number of nitrogens with one attached hydrogen (secondary N) is 2. The fourth-order valence-electron chi connectivity index (χ4n) is 3.92. The Bertz CT molecular complexity index is 958. The number of amides is 2. The molecular formula is C22H22FN3O3. The SMILES string of the molecule is COC(=O)[C@@H]1/C(=C\N2CCc3ccccc3C2)NC(=O)N[C@@H]1c1ccc(F)cc1. The first-order valence-electron chi connectivity index (χ1n) is 9.48. The number of halogens is 1. The van der Waals surface area contributed by atoms with Gasteiger partial charge >= 0.3 is 12.0 Å². The van der Waals surface area contributed by atoms with Crippen LogP contribution in [0, 0.1) is 11.7 Å². The molecule has 0 aliphatic carbocycles. The number of fused-ring (bicyclic) bond motifs is 1. The van der Waals surface area contributed by atoms with Gasteiger partial charge in [-0.2, -0.15) is 0 Å². The minimum Gasteiger partial charge on any atom is -0.468 e. The molecule has 2 aromatic rings. The number of carbonyl (C=O) groups excluding carboxylic acids is 2. The maximum absolute atomic E-state index is 13.4. The Hall–Kier alpha value is -3.35. The van der Waals surface area contributed by atoms with E-state index < -0.39 is 24.0 Å². The van der Waals surface area contributed by atoms with Crippen molar-refractivity contribution in [1.29, 1.82) is 0 Å². The Balaban J connectivity index is 1.67. The van der Waals surface area contributed by atoms with Crippen LogP contribution in [0.4, 0.5) is 9.18 Å². The van der Waals surface area contributed by atoms with E-state index >= 15 is 0 Å². The number of methoxy groups -OCH3 is 1. The first kappa shape index (κ1) is 19.0. The molecule has 2 amide bonds. The third kappa shape index (κ3) is 3.94. The van der Waals surface area contributed by atoms with Crippen LogP contribution in [0.25, 0.3) is 0 Å². The highest BCUT2D eigenvalue weighted by atomic mass is 19.1. The summed E-state index contributed by atoms with van der Waals surface area (Å²) in [4.78, 5) is 27.0. The fourth-order valence-corrected chi connectivity index (χ4v) is 3.92. The minimum atomic E-state index is -0.764. The number of carbonyl (C=O) groups is 2. The Labute approximate surface area is 168 Å². The molecule has 4 rings (SSSR count). The lowest BCUT2D eigenvalue weighted by atomic mass is 9.88. The van der Waals surface area contributed by atoms with Crippen molar-refractivity contribution < 1.29 is 18.7 Å². The van der Waals surface area contributed by atoms with Gasteiger partial charge in [-0.1, -0.05) is 36.4 Å². The van der Waals surface area contributed by atoms with E-state index in [1.165, 1.54) is 30.4 Å². The number of hydrogen-bond donors (Lipinski definition) is 2. The maximum Gasteiger partial charge on any atom is 0.319 e. The Morgan fingerprint density at radius 2 is 1.90 bits per heavy atom. The highest BCUT2D eigenvalue weighted by molar-refractivity contribution is 5.85. The van der Waals surface area contributed by atoms with Gasteiger partial charge in [-0.15, -0.1) is 0 Å². The van der Waals surface area contributed by atoms with Gasteiger partial charge < -0.3 is 20.3 Å². The minimum absolute atomic E-state index is 0.383. The Morgan fingerprint density at radius 1 is 1.17 bits per heavy atom. The van der Waals surface area contributed by atoms with Gasteiger partial charge in [0.25, 0.3) is 0 Å². The fraction of sp³-hybridized carbons (Fsp3) is 0.273. The van der Waals surface area contributed by atoms with E-state index in [4.69, 9.17) is 4.74 Å². The van der Waals surface area contributed by atoms with Crippen LogP contribution in [0.2, 0.25) is 0 Å². The molecule has 2 aromatic carbocycles. The number of nitrogens with zero attached hydrogens (tertiary/aromatic N) is 1. The van der Waals surface area contributed by atoms with E-state index in [1.54, 1.807) is 12.1 Å². The second-order valence-corrected chi connectivity index (χ2v) is 7.20. The van der Waals surface area contributed by atoms with Gasteiger partial charge in [0.15, 0.2) is 0 Å². The van der Waals surface area contributed by atoms with Crippen LogP contribution < -0.4 is 10.6 Å². The number of rotatable bonds is 3. The number of hydrogen-bond acceptors (Lipinski definition) is 4. The Kier molecular flexibility index (Phi) is 5.20. The van der Waals surface area contributed by atoms with E-state index in [1.807, 2.05) is 18.3 Å². The predicted molar refractivity (Wildman–Crippen MR) is 105 cm³/mol. The van der Waals surface area contributed by atoms with Crippen molar-refractivity contribution in [3.8, 4) is 0 Å². The van der Waals surface area contributed by atoms with Gasteiger partial charge in [-0.3, -0.25) is 4.79 Å². The van der Waals surface area contributed by atoms with Crippen LogP contribution in [0.3, 0.4) is 0 Å². The summed E-state index contributed by atoms with van der Waals surface area (Å²) in [6.45, 7) is 1.47. The number of esters is 1. The monoisotopic (exact) mass is 395 g/mol. The molecule has 0 unspecified atom stereocenters. The van der Waals surface area contributed by atoms with Crippen molar-refractivity contribution in [2.24, 2.45) is 5.92 Å². The number of benzene rings is 2. The molecule has 0 aromatic heterocycles. The lowest BCUT2D eigenvalue weighted by molar-refractivity contribution is -0.145. The summed E-state index contributed by atoms with van der Waals surface area (Å²) < 4.78 is 18.4. The van der Waals surface area contributed by atoms with Crippen molar-refractivity contribution in [3.63, 3.8) is 0 Å². The molecule has 0 saturated carbocycles. The molecular weight excluding hydrogens is 373 g/mol. The van der Waals surface area contributed by atoms with Crippen molar-refractivity contribution in [2.45, 2.75) is 19.0 Å². The topological polar surface area (TPSA) is 70.7 Å². The third-order valence-electron chi connectivity index (χ3n) is 5.38. The molecule has 7 heteroatoms. The number of ether oxygens (including phenoxy) is 1. The summed E-state index contributed by atoms with van der Waals surface area (Å²) >= 11 is 0. The molecule has 0 bridgehead atoms. The molecule has 2 aliphatic rings. The van der Waals surface area contributed by atoms with Gasteiger partial charge in [0.2, 0.25) is 0 Å². The smallest absolute Gasteiger partial charge is 0.319 e. The summed E-state index contributed by atoms with van der Waals surface area (Å²) in [6, 6.07) is 12.9. The quantitative estimate of drug-likeness (QED) is 0.784. The first-order chi connectivity index (χ1) is 14.0. The molecule has 6 nitrogen and oxygen atoms in total. The summed E-state index contributed by atoms with van der Waals surface area (Å²) in [6.07, 6.45) is 2.71. The largest absolute Gasteiger partial charge is 0.468 e. The molecule has 2 heterocycles. The van der Waals surface area contributed by atoms with Crippen LogP contribution >= 0.6 is 0 Å². The average Bonchev–Trinajstić information content (AvgIpc) is 2.73. The molecule has 0 radical (unpaired) electrons. The Morgan fingerprint density at radius 3 is 2.62 bits per heavy atom. The van der Waals surface area contributed by atoms with E-state index in [9.17, 15) is 14.0 Å². The zero-order chi connectivity index (χ0) is 20.4. The second kappa shape index (κ2) is 7.95. The summed E-state index contributed by atoms with van der Waals surface area (Å²) in [5, 5.41) is 5.53. The normalized spacial score (nSPS) is 22.5. The van der Waals surface area contributed by atoms with Crippen molar-refractivity contribution >= 4 is 12.0 Å². The highest BCUT2D eigenvalue weighted by Crippen LogP contribution is 2.32. The van der Waals surface area contributed by atoms with Crippen molar-refractivity contribution in [3.05, 3.63) is 82.9 Å². The van der Waals surface area contributed by atoms with E-state index in [-0.39, 0.29) is 5.82 Å². The summed E-state index contributed by atoms with van der Waals surface area (Å²) in [5.41, 5.74) is 3.63. The van der Waals surface area contributed by atoms with Gasteiger partial charge in [-0.25, -0.2) is 9.18 Å². The van der Waals surface area contributed by atoms with Crippen LogP contribution in [-0.2, 0) is 22.5 Å². The lowest BCUT2D eigenvalue weighted by Gasteiger charge is -2.35. The molecule has 0 spiro atoms. The summed E-state index contributed by atoms with van der Waals surface area (Å²) in [5.74, 6) is -1.62. The van der Waals surface area contributed by atoms with Crippen molar-refractivity contribution in [2.75, 3.05) is 13.7 Å². The molecule has 2 atom stereocenters. The van der Waals surface area contributed by atoms with Gasteiger partial charge in [-0.05, 0) is 35.2 Å². The molecule has 1 fully saturated rings. The predicted octanol–water partition coefficient (Wildman–Crippen LogP) is 2.87. The van der Waals surface area contributed by atoms with Crippen LogP contribution in [0.1, 0.15) is 22.7 Å². The molecule has 29 heavy (non-hydrogen) atoms. The van der Waals surface area contributed by atoms with E-state index in [0.717, 1.165) is 13.0 Å². The highest BCUT2D eigenvalue weighted by Gasteiger charge is 2.40. The van der Waals surface area contributed by atoms with Crippen LogP contribution in [0.15, 0.2) is 60.4 Å². The molecule has 2 aliphatic heterocycles. The van der Waals surface area contributed by atoms with E-state index in [0.29, 0.717) is 17.8 Å². The first-order valence-corrected chi connectivity index (χ1v) is 9.48. The average molecular weight is 395 g/mol. The molecule has 2 N–H and O–H groups in total. The zero-order valence-electron chi connectivity index (χ0n) is 16.0. The van der Waals surface area contributed by atoms with Crippen LogP contribution in [0.5, 0.6) is 0 Å². The van der Waals surface area contributed by atoms with Gasteiger partial charge in [0.1, 0.15) is 11.7 Å².